The summed E-state index contributed by atoms with van der Waals surface area (Å²) < 4.78 is 5.11. The third kappa shape index (κ3) is 4.97. The largest absolute Gasteiger partial charge is 0.385 e. The Kier molecular flexibility index (Phi) is 6.46. The van der Waals surface area contributed by atoms with E-state index in [0.29, 0.717) is 6.04 Å². The Morgan fingerprint density at radius 1 is 1.44 bits per heavy atom. The average molecular weight is 242 g/mol. The van der Waals surface area contributed by atoms with Crippen LogP contribution in [0, 0.1) is 0 Å². The molecule has 0 saturated carbocycles. The van der Waals surface area contributed by atoms with Gasteiger partial charge in [-0.1, -0.05) is 30.7 Å². The predicted octanol–water partition coefficient (Wildman–Crippen LogP) is 2.90. The molecule has 90 valence electrons. The first kappa shape index (κ1) is 13.5. The highest BCUT2D eigenvalue weighted by Gasteiger charge is 2.08. The third-order valence-electron chi connectivity index (χ3n) is 2.53. The van der Waals surface area contributed by atoms with Crippen molar-refractivity contribution >= 4 is 11.6 Å². The predicted molar refractivity (Wildman–Crippen MR) is 69.1 cm³/mol. The maximum atomic E-state index is 5.96. The van der Waals surface area contributed by atoms with Crippen LogP contribution in [0.15, 0.2) is 24.3 Å². The van der Waals surface area contributed by atoms with Crippen LogP contribution in [-0.4, -0.2) is 26.3 Å². The van der Waals surface area contributed by atoms with Crippen molar-refractivity contribution in [2.75, 3.05) is 20.3 Å². The number of hydrogen-bond donors (Lipinski definition) is 1. The lowest BCUT2D eigenvalue weighted by molar-refractivity contribution is 0.183. The number of ether oxygens (including phenoxy) is 1. The molecule has 0 heterocycles. The van der Waals surface area contributed by atoms with Crippen LogP contribution in [-0.2, 0) is 11.2 Å². The highest BCUT2D eigenvalue weighted by atomic mass is 35.5. The molecule has 0 fully saturated rings. The van der Waals surface area contributed by atoms with Crippen LogP contribution in [0.1, 0.15) is 18.9 Å². The summed E-state index contributed by atoms with van der Waals surface area (Å²) in [6.07, 6.45) is 2.02. The number of benzene rings is 1. The summed E-state index contributed by atoms with van der Waals surface area (Å²) in [7, 11) is 1.74. The quantitative estimate of drug-likeness (QED) is 0.793. The van der Waals surface area contributed by atoms with Gasteiger partial charge in [-0.15, -0.1) is 0 Å². The van der Waals surface area contributed by atoms with E-state index in [9.17, 15) is 0 Å². The minimum Gasteiger partial charge on any atom is -0.385 e. The standard InChI is InChI=1S/C13H20ClNO/c1-3-15-13(7-8-16-2)10-11-5-4-6-12(14)9-11/h4-6,9,13,15H,3,7-8,10H2,1-2H3. The van der Waals surface area contributed by atoms with E-state index in [-0.39, 0.29) is 0 Å². The van der Waals surface area contributed by atoms with Crippen LogP contribution in [0.4, 0.5) is 0 Å². The van der Waals surface area contributed by atoms with E-state index in [4.69, 9.17) is 16.3 Å². The van der Waals surface area contributed by atoms with Crippen LogP contribution in [0.3, 0.4) is 0 Å². The highest BCUT2D eigenvalue weighted by Crippen LogP contribution is 2.13. The van der Waals surface area contributed by atoms with Crippen molar-refractivity contribution in [1.29, 1.82) is 0 Å². The Morgan fingerprint density at radius 3 is 2.88 bits per heavy atom. The molecule has 1 N–H and O–H groups in total. The van der Waals surface area contributed by atoms with Gasteiger partial charge >= 0.3 is 0 Å². The highest BCUT2D eigenvalue weighted by molar-refractivity contribution is 6.30. The fourth-order valence-electron chi connectivity index (χ4n) is 1.77. The minimum atomic E-state index is 0.461. The second-order valence-corrected chi connectivity index (χ2v) is 4.31. The molecule has 2 nitrogen and oxygen atoms in total. The summed E-state index contributed by atoms with van der Waals surface area (Å²) in [6, 6.07) is 8.50. The molecule has 0 saturated heterocycles. The van der Waals surface area contributed by atoms with Crippen molar-refractivity contribution < 1.29 is 4.74 Å². The van der Waals surface area contributed by atoms with Crippen LogP contribution in [0.25, 0.3) is 0 Å². The molecular formula is C13H20ClNO. The number of nitrogens with one attached hydrogen (secondary N) is 1. The van der Waals surface area contributed by atoms with Crippen LogP contribution in [0.2, 0.25) is 5.02 Å². The second kappa shape index (κ2) is 7.66. The van der Waals surface area contributed by atoms with Crippen LogP contribution >= 0.6 is 11.6 Å². The summed E-state index contributed by atoms with van der Waals surface area (Å²) in [6.45, 7) is 3.89. The summed E-state index contributed by atoms with van der Waals surface area (Å²) in [5.74, 6) is 0. The number of halogens is 1. The van der Waals surface area contributed by atoms with Gasteiger partial charge in [0, 0.05) is 24.8 Å². The monoisotopic (exact) mass is 241 g/mol. The molecule has 0 aliphatic carbocycles. The number of rotatable bonds is 7. The van der Waals surface area contributed by atoms with Crippen molar-refractivity contribution in [1.82, 2.24) is 5.32 Å². The molecular weight excluding hydrogens is 222 g/mol. The normalized spacial score (nSPS) is 12.7. The van der Waals surface area contributed by atoms with Crippen molar-refractivity contribution in [2.45, 2.75) is 25.8 Å². The van der Waals surface area contributed by atoms with Gasteiger partial charge in [-0.3, -0.25) is 0 Å². The molecule has 0 aliphatic rings. The number of likely N-dealkylation sites (N-methyl/N-ethyl adjacent to an activating group) is 1. The van der Waals surface area contributed by atoms with E-state index < -0.39 is 0 Å². The van der Waals surface area contributed by atoms with E-state index in [1.807, 2.05) is 18.2 Å². The molecule has 1 aromatic carbocycles. The van der Waals surface area contributed by atoms with Gasteiger partial charge in [0.1, 0.15) is 0 Å². The SMILES string of the molecule is CCNC(CCOC)Cc1cccc(Cl)c1. The third-order valence-corrected chi connectivity index (χ3v) is 2.77. The Morgan fingerprint density at radius 2 is 2.25 bits per heavy atom. The maximum Gasteiger partial charge on any atom is 0.0477 e. The molecule has 1 aromatic rings. The van der Waals surface area contributed by atoms with E-state index in [2.05, 4.69) is 18.3 Å². The average Bonchev–Trinajstić information content (AvgIpc) is 2.26. The molecule has 0 bridgehead atoms. The molecule has 16 heavy (non-hydrogen) atoms. The van der Waals surface area contributed by atoms with Gasteiger partial charge in [-0.25, -0.2) is 0 Å². The van der Waals surface area contributed by atoms with Gasteiger partial charge in [0.25, 0.3) is 0 Å². The van der Waals surface area contributed by atoms with Crippen molar-refractivity contribution in [2.24, 2.45) is 0 Å². The zero-order valence-electron chi connectivity index (χ0n) is 10.0. The Labute approximate surface area is 103 Å². The van der Waals surface area contributed by atoms with Gasteiger partial charge < -0.3 is 10.1 Å². The van der Waals surface area contributed by atoms with E-state index in [0.717, 1.165) is 31.0 Å². The lowest BCUT2D eigenvalue weighted by Crippen LogP contribution is -2.32. The molecule has 0 spiro atoms. The zero-order valence-corrected chi connectivity index (χ0v) is 10.8. The van der Waals surface area contributed by atoms with Gasteiger partial charge in [0.05, 0.1) is 0 Å². The fourth-order valence-corrected chi connectivity index (χ4v) is 1.99. The molecule has 1 rings (SSSR count). The molecule has 0 radical (unpaired) electrons. The van der Waals surface area contributed by atoms with E-state index >= 15 is 0 Å². The Balaban J connectivity index is 2.52. The Bertz CT molecular complexity index is 304. The fraction of sp³-hybridized carbons (Fsp3) is 0.538. The first-order valence-electron chi connectivity index (χ1n) is 5.73. The van der Waals surface area contributed by atoms with Gasteiger partial charge in [-0.05, 0) is 37.1 Å². The summed E-state index contributed by atoms with van der Waals surface area (Å²) >= 11 is 5.96. The summed E-state index contributed by atoms with van der Waals surface area (Å²) in [5, 5.41) is 4.27. The topological polar surface area (TPSA) is 21.3 Å². The summed E-state index contributed by atoms with van der Waals surface area (Å²) in [5.41, 5.74) is 1.27. The molecule has 0 aliphatic heterocycles. The van der Waals surface area contributed by atoms with Crippen molar-refractivity contribution in [3.63, 3.8) is 0 Å². The van der Waals surface area contributed by atoms with E-state index in [1.54, 1.807) is 7.11 Å². The second-order valence-electron chi connectivity index (χ2n) is 3.87. The van der Waals surface area contributed by atoms with Gasteiger partial charge in [0.15, 0.2) is 0 Å². The number of hydrogen-bond acceptors (Lipinski definition) is 2. The smallest absolute Gasteiger partial charge is 0.0477 e. The van der Waals surface area contributed by atoms with Crippen molar-refractivity contribution in [3.8, 4) is 0 Å². The maximum absolute atomic E-state index is 5.96. The van der Waals surface area contributed by atoms with Crippen LogP contribution in [0.5, 0.6) is 0 Å². The lowest BCUT2D eigenvalue weighted by atomic mass is 10.0. The molecule has 1 unspecified atom stereocenters. The van der Waals surface area contributed by atoms with Gasteiger partial charge in [0.2, 0.25) is 0 Å². The molecule has 1 atom stereocenters. The molecule has 0 aromatic heterocycles. The minimum absolute atomic E-state index is 0.461. The number of methoxy groups -OCH3 is 1. The first-order valence-corrected chi connectivity index (χ1v) is 6.10. The van der Waals surface area contributed by atoms with Gasteiger partial charge in [-0.2, -0.15) is 0 Å². The van der Waals surface area contributed by atoms with Crippen molar-refractivity contribution in [3.05, 3.63) is 34.9 Å². The summed E-state index contributed by atoms with van der Waals surface area (Å²) in [4.78, 5) is 0. The molecule has 3 heteroatoms. The first-order chi connectivity index (χ1) is 7.76. The molecule has 0 amide bonds. The van der Waals surface area contributed by atoms with E-state index in [1.165, 1.54) is 5.56 Å². The lowest BCUT2D eigenvalue weighted by Gasteiger charge is -2.17. The Hall–Kier alpha value is -0.570. The van der Waals surface area contributed by atoms with Crippen LogP contribution < -0.4 is 5.32 Å². The zero-order chi connectivity index (χ0) is 11.8.